The lowest BCUT2D eigenvalue weighted by atomic mass is 9.90. The Balaban J connectivity index is 1.92. The number of ether oxygens (including phenoxy) is 1. The van der Waals surface area contributed by atoms with Gasteiger partial charge in [-0.25, -0.2) is 0 Å². The third-order valence-electron chi connectivity index (χ3n) is 5.43. The van der Waals surface area contributed by atoms with E-state index >= 15 is 0 Å². The molecule has 172 valence electrons. The molecule has 0 aliphatic heterocycles. The number of rotatable bonds is 9. The number of anilines is 1. The number of carbonyl (C=O) groups excluding carboxylic acids is 1. The van der Waals surface area contributed by atoms with Crippen molar-refractivity contribution in [2.24, 2.45) is 0 Å². The number of nitrogens with zero attached hydrogens (tertiary/aromatic N) is 1. The van der Waals surface area contributed by atoms with Gasteiger partial charge in [-0.2, -0.15) is 0 Å². The van der Waals surface area contributed by atoms with Crippen molar-refractivity contribution in [1.82, 2.24) is 4.90 Å². The number of hydrogen-bond acceptors (Lipinski definition) is 4. The van der Waals surface area contributed by atoms with Gasteiger partial charge >= 0.3 is 0 Å². The van der Waals surface area contributed by atoms with E-state index in [0.29, 0.717) is 24.3 Å². The fourth-order valence-electron chi connectivity index (χ4n) is 3.66. The zero-order valence-electron chi connectivity index (χ0n) is 19.8. The van der Waals surface area contributed by atoms with Crippen LogP contribution < -0.4 is 10.1 Å². The summed E-state index contributed by atoms with van der Waals surface area (Å²) in [6, 6.07) is 22.2. The molecule has 33 heavy (non-hydrogen) atoms. The summed E-state index contributed by atoms with van der Waals surface area (Å²) < 4.78 is 5.74. The van der Waals surface area contributed by atoms with Gasteiger partial charge in [0.2, 0.25) is 0 Å². The number of phenols is 1. The van der Waals surface area contributed by atoms with Gasteiger partial charge in [0, 0.05) is 12.2 Å². The summed E-state index contributed by atoms with van der Waals surface area (Å²) in [4.78, 5) is 15.6. The van der Waals surface area contributed by atoms with E-state index in [1.54, 1.807) is 24.3 Å². The number of phenolic OH excluding ortho intramolecular Hbond substituents is 1. The second kappa shape index (κ2) is 11.3. The highest BCUT2D eigenvalue weighted by atomic mass is 16.5. The zero-order chi connectivity index (χ0) is 23.8. The number of nitrogens with one attached hydrogen (secondary N) is 1. The number of allylic oxidation sites excluding steroid dienone is 1. The molecule has 0 unspecified atom stereocenters. The summed E-state index contributed by atoms with van der Waals surface area (Å²) in [5.74, 6) is 0.734. The van der Waals surface area contributed by atoms with Crippen LogP contribution in [-0.4, -0.2) is 43.2 Å². The average Bonchev–Trinajstić information content (AvgIpc) is 2.80. The van der Waals surface area contributed by atoms with Crippen LogP contribution in [0.15, 0.2) is 72.8 Å². The van der Waals surface area contributed by atoms with Crippen LogP contribution in [0.3, 0.4) is 0 Å². The first-order chi connectivity index (χ1) is 15.9. The van der Waals surface area contributed by atoms with Gasteiger partial charge < -0.3 is 20.1 Å². The van der Waals surface area contributed by atoms with Crippen LogP contribution in [0, 0.1) is 6.92 Å². The molecule has 3 aromatic carbocycles. The third kappa shape index (κ3) is 6.46. The summed E-state index contributed by atoms with van der Waals surface area (Å²) in [7, 11) is 4.01. The first kappa shape index (κ1) is 24.1. The summed E-state index contributed by atoms with van der Waals surface area (Å²) in [6.45, 7) is 5.53. The summed E-state index contributed by atoms with van der Waals surface area (Å²) in [5.41, 5.74) is 5.16. The Morgan fingerprint density at radius 3 is 2.24 bits per heavy atom. The Kier molecular flexibility index (Phi) is 8.28. The van der Waals surface area contributed by atoms with Crippen molar-refractivity contribution >= 4 is 22.7 Å². The molecule has 3 aromatic rings. The molecule has 0 radical (unpaired) electrons. The number of likely N-dealkylation sites (N-methyl/N-ethyl adjacent to an activating group) is 1. The van der Waals surface area contributed by atoms with Crippen molar-refractivity contribution in [1.29, 1.82) is 0 Å². The standard InChI is InChI=1S/C28H32N2O3/c1-5-25(26-9-7-6-8-20(26)2)27(21-10-14-23(31)15-11-21)28(32)29-22-12-16-24(17-13-22)33-19-18-30(3)4/h6-17,31H,5,18-19H2,1-4H3,(H,29,32)/b27-25-. The van der Waals surface area contributed by atoms with Crippen LogP contribution >= 0.6 is 0 Å². The van der Waals surface area contributed by atoms with E-state index < -0.39 is 0 Å². The van der Waals surface area contributed by atoms with Gasteiger partial charge in [-0.05, 0) is 86.1 Å². The monoisotopic (exact) mass is 444 g/mol. The summed E-state index contributed by atoms with van der Waals surface area (Å²) in [5, 5.41) is 12.8. The molecule has 0 bridgehead atoms. The number of carbonyl (C=O) groups is 1. The lowest BCUT2D eigenvalue weighted by molar-refractivity contribution is -0.111. The lowest BCUT2D eigenvalue weighted by Crippen LogP contribution is -2.19. The molecule has 0 aliphatic carbocycles. The maximum atomic E-state index is 13.5. The molecular weight excluding hydrogens is 412 g/mol. The number of benzene rings is 3. The van der Waals surface area contributed by atoms with E-state index in [1.165, 1.54) is 0 Å². The predicted molar refractivity (Wildman–Crippen MR) is 136 cm³/mol. The topological polar surface area (TPSA) is 61.8 Å². The smallest absolute Gasteiger partial charge is 0.256 e. The van der Waals surface area contributed by atoms with Crippen LogP contribution in [0.4, 0.5) is 5.69 Å². The van der Waals surface area contributed by atoms with E-state index in [1.807, 2.05) is 69.6 Å². The predicted octanol–water partition coefficient (Wildman–Crippen LogP) is 5.60. The number of aryl methyl sites for hydroxylation is 1. The normalized spacial score (nSPS) is 11.8. The minimum absolute atomic E-state index is 0.164. The van der Waals surface area contributed by atoms with Gasteiger partial charge in [-0.1, -0.05) is 43.3 Å². The van der Waals surface area contributed by atoms with Crippen LogP contribution in [0.2, 0.25) is 0 Å². The van der Waals surface area contributed by atoms with Crippen molar-refractivity contribution < 1.29 is 14.6 Å². The molecule has 0 saturated heterocycles. The van der Waals surface area contributed by atoms with Crippen LogP contribution in [-0.2, 0) is 4.79 Å². The van der Waals surface area contributed by atoms with E-state index in [2.05, 4.69) is 17.1 Å². The number of amides is 1. The van der Waals surface area contributed by atoms with Crippen molar-refractivity contribution in [3.05, 3.63) is 89.5 Å². The Morgan fingerprint density at radius 2 is 1.64 bits per heavy atom. The van der Waals surface area contributed by atoms with Crippen molar-refractivity contribution in [2.45, 2.75) is 20.3 Å². The quantitative estimate of drug-likeness (QED) is 0.333. The maximum Gasteiger partial charge on any atom is 0.256 e. The first-order valence-electron chi connectivity index (χ1n) is 11.2. The Labute approximate surface area is 196 Å². The molecule has 5 heteroatoms. The molecular formula is C28H32N2O3. The van der Waals surface area contributed by atoms with E-state index in [-0.39, 0.29) is 11.7 Å². The number of hydrogen-bond donors (Lipinski definition) is 2. The van der Waals surface area contributed by atoms with E-state index in [9.17, 15) is 9.90 Å². The second-order valence-corrected chi connectivity index (χ2v) is 8.20. The minimum Gasteiger partial charge on any atom is -0.508 e. The van der Waals surface area contributed by atoms with Gasteiger partial charge in [-0.15, -0.1) is 0 Å². The minimum atomic E-state index is -0.193. The maximum absolute atomic E-state index is 13.5. The highest BCUT2D eigenvalue weighted by Crippen LogP contribution is 2.32. The van der Waals surface area contributed by atoms with Gasteiger partial charge in [0.1, 0.15) is 18.1 Å². The summed E-state index contributed by atoms with van der Waals surface area (Å²) >= 11 is 0. The number of aromatic hydroxyl groups is 1. The Bertz CT molecular complexity index is 1100. The van der Waals surface area contributed by atoms with Crippen LogP contribution in [0.1, 0.15) is 30.0 Å². The summed E-state index contributed by atoms with van der Waals surface area (Å²) in [6.07, 6.45) is 0.688. The molecule has 1 amide bonds. The van der Waals surface area contributed by atoms with Gasteiger partial charge in [0.05, 0.1) is 5.57 Å². The van der Waals surface area contributed by atoms with Gasteiger partial charge in [0.15, 0.2) is 0 Å². The second-order valence-electron chi connectivity index (χ2n) is 8.20. The molecule has 5 nitrogen and oxygen atoms in total. The van der Waals surface area contributed by atoms with E-state index in [0.717, 1.165) is 34.6 Å². The molecule has 0 heterocycles. The molecule has 0 aliphatic rings. The van der Waals surface area contributed by atoms with Gasteiger partial charge in [0.25, 0.3) is 5.91 Å². The zero-order valence-corrected chi connectivity index (χ0v) is 19.8. The molecule has 0 spiro atoms. The Hall–Kier alpha value is -3.57. The van der Waals surface area contributed by atoms with Crippen molar-refractivity contribution in [3.8, 4) is 11.5 Å². The molecule has 3 rings (SSSR count). The first-order valence-corrected chi connectivity index (χ1v) is 11.2. The highest BCUT2D eigenvalue weighted by Gasteiger charge is 2.19. The molecule has 2 N–H and O–H groups in total. The average molecular weight is 445 g/mol. The molecule has 0 aromatic heterocycles. The molecule has 0 fully saturated rings. The SMILES string of the molecule is CC/C(=C(/C(=O)Nc1ccc(OCCN(C)C)cc1)c1ccc(O)cc1)c1ccccc1C. The fourth-order valence-corrected chi connectivity index (χ4v) is 3.66. The molecule has 0 saturated carbocycles. The highest BCUT2D eigenvalue weighted by molar-refractivity contribution is 6.31. The van der Waals surface area contributed by atoms with E-state index in [4.69, 9.17) is 4.74 Å². The van der Waals surface area contributed by atoms with Crippen LogP contribution in [0.5, 0.6) is 11.5 Å². The van der Waals surface area contributed by atoms with Crippen LogP contribution in [0.25, 0.3) is 11.1 Å². The van der Waals surface area contributed by atoms with Gasteiger partial charge in [-0.3, -0.25) is 4.79 Å². The fraction of sp³-hybridized carbons (Fsp3) is 0.250. The molecule has 0 atom stereocenters. The van der Waals surface area contributed by atoms with Crippen molar-refractivity contribution in [3.63, 3.8) is 0 Å². The Morgan fingerprint density at radius 1 is 0.970 bits per heavy atom. The largest absolute Gasteiger partial charge is 0.508 e. The third-order valence-corrected chi connectivity index (χ3v) is 5.43. The van der Waals surface area contributed by atoms with Crippen molar-refractivity contribution in [2.75, 3.05) is 32.6 Å². The lowest BCUT2D eigenvalue weighted by Gasteiger charge is -2.17.